The Labute approximate surface area is 163 Å². The van der Waals surface area contributed by atoms with Gasteiger partial charge in [-0.3, -0.25) is 4.79 Å². The first-order valence-corrected chi connectivity index (χ1v) is 11.5. The Morgan fingerprint density at radius 2 is 1.96 bits per heavy atom. The molecule has 2 rings (SSSR count). The Bertz CT molecular complexity index is 727. The van der Waals surface area contributed by atoms with Gasteiger partial charge in [-0.25, -0.2) is 8.42 Å². The SMILES string of the molecule is CN(CCCOc1cccc(S(C)(=O)=O)c1)C(=O)CC1(CN)CCCCC1. The molecule has 0 aromatic heterocycles. The third kappa shape index (κ3) is 6.50. The van der Waals surface area contributed by atoms with E-state index >= 15 is 0 Å². The highest BCUT2D eigenvalue weighted by Gasteiger charge is 2.33. The molecule has 0 spiro atoms. The molecule has 1 saturated carbocycles. The Kier molecular flexibility index (Phi) is 7.68. The van der Waals surface area contributed by atoms with Crippen molar-refractivity contribution in [2.45, 2.75) is 49.8 Å². The van der Waals surface area contributed by atoms with Crippen LogP contribution in [0.5, 0.6) is 5.75 Å². The molecule has 27 heavy (non-hydrogen) atoms. The first-order valence-electron chi connectivity index (χ1n) is 9.63. The van der Waals surface area contributed by atoms with Gasteiger partial charge in [-0.2, -0.15) is 0 Å². The van der Waals surface area contributed by atoms with E-state index in [9.17, 15) is 13.2 Å². The zero-order chi connectivity index (χ0) is 19.9. The molecule has 0 bridgehead atoms. The molecule has 1 aromatic carbocycles. The number of carbonyl (C=O) groups is 1. The van der Waals surface area contributed by atoms with E-state index < -0.39 is 9.84 Å². The van der Waals surface area contributed by atoms with Gasteiger partial charge in [0.2, 0.25) is 5.91 Å². The molecule has 152 valence electrons. The topological polar surface area (TPSA) is 89.7 Å². The van der Waals surface area contributed by atoms with Gasteiger partial charge >= 0.3 is 0 Å². The highest BCUT2D eigenvalue weighted by molar-refractivity contribution is 7.90. The predicted octanol–water partition coefficient (Wildman–Crippen LogP) is 2.62. The lowest BCUT2D eigenvalue weighted by Crippen LogP contribution is -2.39. The van der Waals surface area contributed by atoms with Gasteiger partial charge in [-0.15, -0.1) is 0 Å². The maximum Gasteiger partial charge on any atom is 0.222 e. The van der Waals surface area contributed by atoms with E-state index in [2.05, 4.69) is 0 Å². The normalized spacial score (nSPS) is 16.7. The van der Waals surface area contributed by atoms with Crippen LogP contribution in [0.3, 0.4) is 0 Å². The zero-order valence-electron chi connectivity index (χ0n) is 16.4. The Hall–Kier alpha value is -1.60. The second-order valence-electron chi connectivity index (χ2n) is 7.71. The Morgan fingerprint density at radius 3 is 2.59 bits per heavy atom. The fraction of sp³-hybridized carbons (Fsp3) is 0.650. The number of hydrogen-bond acceptors (Lipinski definition) is 5. The quantitative estimate of drug-likeness (QED) is 0.648. The van der Waals surface area contributed by atoms with Crippen molar-refractivity contribution in [1.82, 2.24) is 4.90 Å². The standard InChI is InChI=1S/C20H32N2O4S/c1-22(19(23)15-20(16-21)10-4-3-5-11-20)12-7-13-26-17-8-6-9-18(14-17)27(2,24)25/h6,8-9,14H,3-5,7,10-13,15-16,21H2,1-2H3. The number of amides is 1. The summed E-state index contributed by atoms with van der Waals surface area (Å²) in [6, 6.07) is 6.47. The summed E-state index contributed by atoms with van der Waals surface area (Å²) in [7, 11) is -1.43. The minimum atomic E-state index is -3.25. The molecule has 2 N–H and O–H groups in total. The predicted molar refractivity (Wildman–Crippen MR) is 106 cm³/mol. The summed E-state index contributed by atoms with van der Waals surface area (Å²) in [6.45, 7) is 1.60. The molecule has 1 aromatic rings. The van der Waals surface area contributed by atoms with Gasteiger partial charge in [0.25, 0.3) is 0 Å². The molecule has 1 amide bonds. The van der Waals surface area contributed by atoms with E-state index in [0.29, 0.717) is 38.3 Å². The first-order chi connectivity index (χ1) is 12.8. The molecule has 0 saturated heterocycles. The highest BCUT2D eigenvalue weighted by Crippen LogP contribution is 2.38. The Balaban J connectivity index is 1.77. The average Bonchev–Trinajstić information content (AvgIpc) is 2.65. The molecule has 0 unspecified atom stereocenters. The molecule has 1 aliphatic carbocycles. The van der Waals surface area contributed by atoms with E-state index in [4.69, 9.17) is 10.5 Å². The molecule has 6 nitrogen and oxygen atoms in total. The van der Waals surface area contributed by atoms with Crippen LogP contribution in [0.15, 0.2) is 29.2 Å². The first kappa shape index (κ1) is 21.7. The van der Waals surface area contributed by atoms with Gasteiger partial charge in [0.15, 0.2) is 9.84 Å². The summed E-state index contributed by atoms with van der Waals surface area (Å²) in [5.74, 6) is 0.664. The highest BCUT2D eigenvalue weighted by atomic mass is 32.2. The zero-order valence-corrected chi connectivity index (χ0v) is 17.3. The smallest absolute Gasteiger partial charge is 0.222 e. The number of nitrogens with zero attached hydrogens (tertiary/aromatic N) is 1. The minimum absolute atomic E-state index is 0.0216. The number of hydrogen-bond donors (Lipinski definition) is 1. The lowest BCUT2D eigenvalue weighted by atomic mass is 9.71. The van der Waals surface area contributed by atoms with Gasteiger partial charge < -0.3 is 15.4 Å². The summed E-state index contributed by atoms with van der Waals surface area (Å²) < 4.78 is 28.8. The van der Waals surface area contributed by atoms with Crippen molar-refractivity contribution in [3.05, 3.63) is 24.3 Å². The summed E-state index contributed by atoms with van der Waals surface area (Å²) >= 11 is 0. The fourth-order valence-corrected chi connectivity index (χ4v) is 4.28. The van der Waals surface area contributed by atoms with E-state index in [0.717, 1.165) is 25.7 Å². The molecule has 1 aliphatic rings. The second-order valence-corrected chi connectivity index (χ2v) is 9.72. The maximum absolute atomic E-state index is 12.6. The summed E-state index contributed by atoms with van der Waals surface area (Å²) in [5.41, 5.74) is 5.96. The van der Waals surface area contributed by atoms with Crippen LogP contribution < -0.4 is 10.5 Å². The largest absolute Gasteiger partial charge is 0.493 e. The molecule has 7 heteroatoms. The summed E-state index contributed by atoms with van der Waals surface area (Å²) in [4.78, 5) is 14.6. The van der Waals surface area contributed by atoms with Crippen molar-refractivity contribution < 1.29 is 17.9 Å². The van der Waals surface area contributed by atoms with Crippen molar-refractivity contribution in [2.24, 2.45) is 11.1 Å². The molecule has 1 fully saturated rings. The number of benzene rings is 1. The maximum atomic E-state index is 12.6. The third-order valence-electron chi connectivity index (χ3n) is 5.44. The van der Waals surface area contributed by atoms with E-state index in [-0.39, 0.29) is 16.2 Å². The molecular weight excluding hydrogens is 364 g/mol. The van der Waals surface area contributed by atoms with Crippen molar-refractivity contribution in [1.29, 1.82) is 0 Å². The van der Waals surface area contributed by atoms with Gasteiger partial charge in [0.1, 0.15) is 5.75 Å². The van der Waals surface area contributed by atoms with Crippen molar-refractivity contribution >= 4 is 15.7 Å². The van der Waals surface area contributed by atoms with Gasteiger partial charge in [0.05, 0.1) is 11.5 Å². The molecular formula is C20H32N2O4S. The lowest BCUT2D eigenvalue weighted by Gasteiger charge is -2.36. The lowest BCUT2D eigenvalue weighted by molar-refractivity contribution is -0.133. The minimum Gasteiger partial charge on any atom is -0.493 e. The summed E-state index contributed by atoms with van der Waals surface area (Å²) in [6.07, 6.45) is 8.03. The van der Waals surface area contributed by atoms with Crippen molar-refractivity contribution in [2.75, 3.05) is 33.0 Å². The third-order valence-corrected chi connectivity index (χ3v) is 6.55. The number of rotatable bonds is 9. The van der Waals surface area contributed by atoms with Crippen LogP contribution in [-0.2, 0) is 14.6 Å². The molecule has 0 atom stereocenters. The Morgan fingerprint density at radius 1 is 1.26 bits per heavy atom. The van der Waals surface area contributed by atoms with Crippen molar-refractivity contribution in [3.8, 4) is 5.75 Å². The van der Waals surface area contributed by atoms with Crippen LogP contribution in [0.1, 0.15) is 44.9 Å². The van der Waals surface area contributed by atoms with Crippen LogP contribution in [0.25, 0.3) is 0 Å². The fourth-order valence-electron chi connectivity index (χ4n) is 3.62. The van der Waals surface area contributed by atoms with Gasteiger partial charge in [-0.1, -0.05) is 25.3 Å². The van der Waals surface area contributed by atoms with Crippen LogP contribution in [0, 0.1) is 5.41 Å². The van der Waals surface area contributed by atoms with Gasteiger partial charge in [0, 0.05) is 26.3 Å². The number of carbonyl (C=O) groups excluding carboxylic acids is 1. The second kappa shape index (κ2) is 9.55. The molecule has 0 aliphatic heterocycles. The van der Waals surface area contributed by atoms with E-state index in [1.807, 2.05) is 7.05 Å². The van der Waals surface area contributed by atoms with Crippen LogP contribution >= 0.6 is 0 Å². The molecule has 0 heterocycles. The van der Waals surface area contributed by atoms with Crippen LogP contribution in [-0.4, -0.2) is 52.2 Å². The van der Waals surface area contributed by atoms with Crippen LogP contribution in [0.2, 0.25) is 0 Å². The molecule has 0 radical (unpaired) electrons. The number of ether oxygens (including phenoxy) is 1. The summed E-state index contributed by atoms with van der Waals surface area (Å²) in [5, 5.41) is 0. The monoisotopic (exact) mass is 396 g/mol. The van der Waals surface area contributed by atoms with Crippen molar-refractivity contribution in [3.63, 3.8) is 0 Å². The number of sulfone groups is 1. The van der Waals surface area contributed by atoms with E-state index in [1.54, 1.807) is 23.1 Å². The average molecular weight is 397 g/mol. The van der Waals surface area contributed by atoms with E-state index in [1.165, 1.54) is 18.7 Å². The van der Waals surface area contributed by atoms with Gasteiger partial charge in [-0.05, 0) is 49.4 Å². The van der Waals surface area contributed by atoms with Crippen LogP contribution in [0.4, 0.5) is 0 Å². The number of nitrogens with two attached hydrogens (primary N) is 1.